The summed E-state index contributed by atoms with van der Waals surface area (Å²) in [5.74, 6) is 0.341. The van der Waals surface area contributed by atoms with Gasteiger partial charge in [0.25, 0.3) is 0 Å². The molecular weight excluding hydrogens is 334 g/mol. The van der Waals surface area contributed by atoms with Crippen LogP contribution in [0.25, 0.3) is 5.69 Å². The number of rotatable bonds is 7. The van der Waals surface area contributed by atoms with Crippen LogP contribution in [0.15, 0.2) is 24.3 Å². The Morgan fingerprint density at radius 3 is 2.48 bits per heavy atom. The maximum atomic E-state index is 11.5. The van der Waals surface area contributed by atoms with Gasteiger partial charge in [-0.2, -0.15) is 5.10 Å². The highest BCUT2D eigenvalue weighted by atomic mass is 35.5. The molecule has 0 aliphatic heterocycles. The zero-order valence-electron chi connectivity index (χ0n) is 13.6. The van der Waals surface area contributed by atoms with E-state index in [0.29, 0.717) is 18.1 Å². The molecule has 0 atom stereocenters. The Kier molecular flexibility index (Phi) is 5.84. The Morgan fingerprint density at radius 1 is 1.22 bits per heavy atom. The quantitative estimate of drug-likeness (QED) is 0.775. The van der Waals surface area contributed by atoms with Gasteiger partial charge in [0.15, 0.2) is 9.84 Å². The minimum absolute atomic E-state index is 0.160. The van der Waals surface area contributed by atoms with Gasteiger partial charge in [-0.25, -0.2) is 13.1 Å². The van der Waals surface area contributed by atoms with Crippen molar-refractivity contribution in [3.63, 3.8) is 0 Å². The summed E-state index contributed by atoms with van der Waals surface area (Å²) in [6, 6.07) is 7.52. The lowest BCUT2D eigenvalue weighted by molar-refractivity contribution is 0.591. The molecule has 0 saturated heterocycles. The lowest BCUT2D eigenvalue weighted by atomic mass is 10.2. The molecule has 2 aromatic rings. The molecule has 126 valence electrons. The predicted octanol–water partition coefficient (Wildman–Crippen LogP) is 2.67. The molecule has 2 rings (SSSR count). The second-order valence-electron chi connectivity index (χ2n) is 5.45. The van der Waals surface area contributed by atoms with Crippen LogP contribution in [0.4, 0.5) is 0 Å². The van der Waals surface area contributed by atoms with Crippen molar-refractivity contribution in [2.45, 2.75) is 27.3 Å². The number of nitrogens with one attached hydrogen (secondary N) is 1. The third-order valence-corrected chi connectivity index (χ3v) is 5.80. The molecule has 1 N–H and O–H groups in total. The van der Waals surface area contributed by atoms with Gasteiger partial charge in [0.2, 0.25) is 0 Å². The standard InChI is InChI=1S/C16H22ClN3O2S/c1-4-23(21,22)10-9-18-11-16-12(2)19-20(13(16)3)15-7-5-14(17)6-8-15/h5-8,18H,4,9-11H2,1-3H3. The van der Waals surface area contributed by atoms with Crippen LogP contribution in [0.5, 0.6) is 0 Å². The van der Waals surface area contributed by atoms with E-state index >= 15 is 0 Å². The molecule has 0 radical (unpaired) electrons. The molecule has 0 saturated carbocycles. The van der Waals surface area contributed by atoms with Crippen LogP contribution in [0.2, 0.25) is 5.02 Å². The van der Waals surface area contributed by atoms with Crippen molar-refractivity contribution in [2.24, 2.45) is 0 Å². The fourth-order valence-corrected chi connectivity index (χ4v) is 3.22. The van der Waals surface area contributed by atoms with Gasteiger partial charge in [-0.15, -0.1) is 0 Å². The molecule has 0 fully saturated rings. The van der Waals surface area contributed by atoms with Gasteiger partial charge in [0.05, 0.1) is 17.1 Å². The van der Waals surface area contributed by atoms with E-state index < -0.39 is 9.84 Å². The molecule has 1 aromatic carbocycles. The second kappa shape index (κ2) is 7.47. The second-order valence-corrected chi connectivity index (χ2v) is 8.36. The minimum atomic E-state index is -2.93. The zero-order chi connectivity index (χ0) is 17.0. The summed E-state index contributed by atoms with van der Waals surface area (Å²) in [5.41, 5.74) is 4.02. The van der Waals surface area contributed by atoms with Crippen molar-refractivity contribution in [1.82, 2.24) is 15.1 Å². The predicted molar refractivity (Wildman–Crippen MR) is 94.1 cm³/mol. The molecule has 0 amide bonds. The summed E-state index contributed by atoms with van der Waals surface area (Å²) in [6.07, 6.45) is 0. The Hall–Kier alpha value is -1.37. The maximum absolute atomic E-state index is 11.5. The molecule has 0 aliphatic carbocycles. The van der Waals surface area contributed by atoms with Crippen LogP contribution in [0.1, 0.15) is 23.9 Å². The van der Waals surface area contributed by atoms with E-state index in [0.717, 1.165) is 22.6 Å². The van der Waals surface area contributed by atoms with Gasteiger partial charge in [-0.05, 0) is 38.1 Å². The van der Waals surface area contributed by atoms with Crippen molar-refractivity contribution in [3.05, 3.63) is 46.2 Å². The van der Waals surface area contributed by atoms with E-state index in [1.54, 1.807) is 6.92 Å². The highest BCUT2D eigenvalue weighted by molar-refractivity contribution is 7.91. The molecule has 7 heteroatoms. The molecule has 0 spiro atoms. The van der Waals surface area contributed by atoms with Crippen LogP contribution in [-0.4, -0.2) is 36.2 Å². The van der Waals surface area contributed by atoms with Gasteiger partial charge >= 0.3 is 0 Å². The first kappa shape index (κ1) is 18.0. The third-order valence-electron chi connectivity index (χ3n) is 3.84. The van der Waals surface area contributed by atoms with Gasteiger partial charge in [0.1, 0.15) is 0 Å². The zero-order valence-corrected chi connectivity index (χ0v) is 15.2. The van der Waals surface area contributed by atoms with Crippen molar-refractivity contribution in [3.8, 4) is 5.69 Å². The first-order chi connectivity index (χ1) is 10.8. The number of halogens is 1. The lowest BCUT2D eigenvalue weighted by Crippen LogP contribution is -2.24. The van der Waals surface area contributed by atoms with Gasteiger partial charge in [0, 0.05) is 35.1 Å². The van der Waals surface area contributed by atoms with E-state index in [1.165, 1.54) is 0 Å². The number of benzene rings is 1. The fraction of sp³-hybridized carbons (Fsp3) is 0.438. The Bertz CT molecular complexity index is 767. The molecule has 23 heavy (non-hydrogen) atoms. The van der Waals surface area contributed by atoms with Crippen LogP contribution in [-0.2, 0) is 16.4 Å². The Morgan fingerprint density at radius 2 is 1.87 bits per heavy atom. The summed E-state index contributed by atoms with van der Waals surface area (Å²) >= 11 is 5.92. The summed E-state index contributed by atoms with van der Waals surface area (Å²) < 4.78 is 24.9. The molecule has 0 bridgehead atoms. The summed E-state index contributed by atoms with van der Waals surface area (Å²) in [7, 11) is -2.93. The van der Waals surface area contributed by atoms with Gasteiger partial charge in [-0.3, -0.25) is 0 Å². The van der Waals surface area contributed by atoms with Crippen molar-refractivity contribution < 1.29 is 8.42 Å². The largest absolute Gasteiger partial charge is 0.312 e. The molecule has 1 aromatic heterocycles. The number of aromatic nitrogens is 2. The van der Waals surface area contributed by atoms with Crippen molar-refractivity contribution >= 4 is 21.4 Å². The fourth-order valence-electron chi connectivity index (χ4n) is 2.35. The normalized spacial score (nSPS) is 11.8. The van der Waals surface area contributed by atoms with Crippen LogP contribution in [0, 0.1) is 13.8 Å². The van der Waals surface area contributed by atoms with Gasteiger partial charge < -0.3 is 5.32 Å². The van der Waals surface area contributed by atoms with E-state index in [1.807, 2.05) is 42.8 Å². The maximum Gasteiger partial charge on any atom is 0.151 e. The summed E-state index contributed by atoms with van der Waals surface area (Å²) in [6.45, 7) is 6.68. The number of nitrogens with zero attached hydrogens (tertiary/aromatic N) is 2. The lowest BCUT2D eigenvalue weighted by Gasteiger charge is -2.07. The summed E-state index contributed by atoms with van der Waals surface area (Å²) in [4.78, 5) is 0. The van der Waals surface area contributed by atoms with E-state index in [4.69, 9.17) is 11.6 Å². The SMILES string of the molecule is CCS(=O)(=O)CCNCc1c(C)nn(-c2ccc(Cl)cc2)c1C. The van der Waals surface area contributed by atoms with Crippen LogP contribution < -0.4 is 5.32 Å². The molecular formula is C16H22ClN3O2S. The minimum Gasteiger partial charge on any atom is -0.312 e. The van der Waals surface area contributed by atoms with Gasteiger partial charge in [-0.1, -0.05) is 18.5 Å². The van der Waals surface area contributed by atoms with E-state index in [9.17, 15) is 8.42 Å². The van der Waals surface area contributed by atoms with Crippen LogP contribution in [0.3, 0.4) is 0 Å². The average molecular weight is 356 g/mol. The highest BCUT2D eigenvalue weighted by Crippen LogP contribution is 2.19. The number of hydrogen-bond acceptors (Lipinski definition) is 4. The summed E-state index contributed by atoms with van der Waals surface area (Å²) in [5, 5.41) is 8.45. The monoisotopic (exact) mass is 355 g/mol. The van der Waals surface area contributed by atoms with Crippen LogP contribution >= 0.6 is 11.6 Å². The topological polar surface area (TPSA) is 64.0 Å². The van der Waals surface area contributed by atoms with E-state index in [2.05, 4.69) is 10.4 Å². The number of sulfone groups is 1. The number of hydrogen-bond donors (Lipinski definition) is 1. The molecule has 0 unspecified atom stereocenters. The first-order valence-electron chi connectivity index (χ1n) is 7.56. The van der Waals surface area contributed by atoms with Crippen molar-refractivity contribution in [1.29, 1.82) is 0 Å². The molecule has 1 heterocycles. The third kappa shape index (κ3) is 4.56. The number of aryl methyl sites for hydroxylation is 1. The van der Waals surface area contributed by atoms with E-state index in [-0.39, 0.29) is 11.5 Å². The Balaban J connectivity index is 2.08. The molecule has 0 aliphatic rings. The highest BCUT2D eigenvalue weighted by Gasteiger charge is 2.13. The smallest absolute Gasteiger partial charge is 0.151 e. The Labute approximate surface area is 142 Å². The average Bonchev–Trinajstić information content (AvgIpc) is 2.80. The molecule has 5 nitrogen and oxygen atoms in total. The first-order valence-corrected chi connectivity index (χ1v) is 9.76. The van der Waals surface area contributed by atoms with Crippen molar-refractivity contribution in [2.75, 3.05) is 18.1 Å².